The first-order chi connectivity index (χ1) is 7.20. The predicted octanol–water partition coefficient (Wildman–Crippen LogP) is 0.416. The van der Waals surface area contributed by atoms with Gasteiger partial charge in [-0.15, -0.1) is 0 Å². The lowest BCUT2D eigenvalue weighted by molar-refractivity contribution is 0.0613. The first-order valence-electron chi connectivity index (χ1n) is 4.85. The fourth-order valence-electron chi connectivity index (χ4n) is 1.96. The molecule has 0 aromatic heterocycles. The van der Waals surface area contributed by atoms with Crippen molar-refractivity contribution in [3.05, 3.63) is 35.4 Å². The van der Waals surface area contributed by atoms with Crippen molar-refractivity contribution in [3.8, 4) is 0 Å². The summed E-state index contributed by atoms with van der Waals surface area (Å²) >= 11 is 0. The lowest BCUT2D eigenvalue weighted by Crippen LogP contribution is -2.33. The van der Waals surface area contributed by atoms with Gasteiger partial charge in [0, 0.05) is 0 Å². The van der Waals surface area contributed by atoms with Crippen LogP contribution in [0.4, 0.5) is 0 Å². The van der Waals surface area contributed by atoms with Gasteiger partial charge in [0.15, 0.2) is 0 Å². The van der Waals surface area contributed by atoms with Gasteiger partial charge in [0.25, 0.3) is 11.8 Å². The molecule has 0 spiro atoms. The van der Waals surface area contributed by atoms with Crippen LogP contribution in [0, 0.1) is 0 Å². The summed E-state index contributed by atoms with van der Waals surface area (Å²) in [6.07, 6.45) is -0.0296. The third-order valence-electron chi connectivity index (χ3n) is 2.88. The molecule has 0 radical (unpaired) electrons. The van der Waals surface area contributed by atoms with Crippen molar-refractivity contribution in [2.45, 2.75) is 18.6 Å². The van der Waals surface area contributed by atoms with Gasteiger partial charge in [-0.2, -0.15) is 0 Å². The fourth-order valence-corrected chi connectivity index (χ4v) is 1.96. The molecule has 4 nitrogen and oxygen atoms in total. The maximum absolute atomic E-state index is 11.8. The molecule has 1 aliphatic carbocycles. The van der Waals surface area contributed by atoms with E-state index in [2.05, 4.69) is 0 Å². The van der Waals surface area contributed by atoms with Crippen LogP contribution in [0.15, 0.2) is 24.3 Å². The van der Waals surface area contributed by atoms with Crippen LogP contribution in [0.5, 0.6) is 0 Å². The van der Waals surface area contributed by atoms with E-state index < -0.39 is 6.10 Å². The quantitative estimate of drug-likeness (QED) is 0.673. The molecule has 0 saturated heterocycles. The summed E-state index contributed by atoms with van der Waals surface area (Å²) in [5, 5.41) is 9.26. The number of aliphatic hydroxyl groups excluding tert-OH is 1. The van der Waals surface area contributed by atoms with Crippen LogP contribution in [0.1, 0.15) is 27.1 Å². The molecule has 2 amide bonds. The summed E-state index contributed by atoms with van der Waals surface area (Å²) < 4.78 is 0. The van der Waals surface area contributed by atoms with E-state index in [1.54, 1.807) is 24.3 Å². The minimum atomic E-state index is -0.535. The summed E-state index contributed by atoms with van der Waals surface area (Å²) in [7, 11) is 0. The van der Waals surface area contributed by atoms with E-state index in [-0.39, 0.29) is 17.9 Å². The molecule has 2 unspecified atom stereocenters. The largest absolute Gasteiger partial charge is 0.391 e. The number of hydrogen-bond acceptors (Lipinski definition) is 3. The summed E-state index contributed by atoms with van der Waals surface area (Å²) in [6.45, 7) is 0. The van der Waals surface area contributed by atoms with Gasteiger partial charge in [-0.05, 0) is 18.6 Å². The molecular formula is C11H9NO3. The van der Waals surface area contributed by atoms with Crippen molar-refractivity contribution in [2.24, 2.45) is 0 Å². The number of amides is 2. The van der Waals surface area contributed by atoms with E-state index >= 15 is 0 Å². The number of fused-ring (bicyclic) bond motifs is 1. The Kier molecular flexibility index (Phi) is 1.53. The second kappa shape index (κ2) is 2.67. The van der Waals surface area contributed by atoms with Gasteiger partial charge in [-0.3, -0.25) is 14.5 Å². The van der Waals surface area contributed by atoms with Crippen molar-refractivity contribution in [1.29, 1.82) is 0 Å². The lowest BCUT2D eigenvalue weighted by Gasteiger charge is -2.11. The highest BCUT2D eigenvalue weighted by Gasteiger charge is 2.50. The molecule has 1 saturated carbocycles. The number of rotatable bonds is 1. The number of carbonyl (C=O) groups excluding carboxylic acids is 2. The second-order valence-electron chi connectivity index (χ2n) is 3.90. The van der Waals surface area contributed by atoms with E-state index in [0.29, 0.717) is 17.5 Å². The van der Waals surface area contributed by atoms with Crippen molar-refractivity contribution in [1.82, 2.24) is 4.90 Å². The normalized spacial score (nSPS) is 28.2. The van der Waals surface area contributed by atoms with Crippen LogP contribution in [0.25, 0.3) is 0 Å². The van der Waals surface area contributed by atoms with Gasteiger partial charge >= 0.3 is 0 Å². The van der Waals surface area contributed by atoms with Gasteiger partial charge in [-0.1, -0.05) is 12.1 Å². The zero-order chi connectivity index (χ0) is 10.6. The Balaban J connectivity index is 2.05. The van der Waals surface area contributed by atoms with E-state index in [4.69, 9.17) is 0 Å². The first kappa shape index (κ1) is 8.61. The van der Waals surface area contributed by atoms with Crippen molar-refractivity contribution >= 4 is 11.8 Å². The number of benzene rings is 1. The Labute approximate surface area is 86.1 Å². The van der Waals surface area contributed by atoms with E-state index in [1.165, 1.54) is 4.90 Å². The van der Waals surface area contributed by atoms with Gasteiger partial charge in [-0.25, -0.2) is 0 Å². The highest BCUT2D eigenvalue weighted by molar-refractivity contribution is 6.21. The van der Waals surface area contributed by atoms with Crippen LogP contribution >= 0.6 is 0 Å². The summed E-state index contributed by atoms with van der Waals surface area (Å²) in [5.41, 5.74) is 0.892. The van der Waals surface area contributed by atoms with Crippen LogP contribution in [0.2, 0.25) is 0 Å². The topological polar surface area (TPSA) is 57.6 Å². The molecule has 1 fully saturated rings. The monoisotopic (exact) mass is 203 g/mol. The van der Waals surface area contributed by atoms with Crippen LogP contribution in [-0.4, -0.2) is 34.0 Å². The molecular weight excluding hydrogens is 194 g/mol. The van der Waals surface area contributed by atoms with Crippen molar-refractivity contribution in [2.75, 3.05) is 0 Å². The number of hydrogen-bond donors (Lipinski definition) is 1. The van der Waals surface area contributed by atoms with E-state index in [1.807, 2.05) is 0 Å². The molecule has 1 aromatic rings. The van der Waals surface area contributed by atoms with Crippen LogP contribution < -0.4 is 0 Å². The predicted molar refractivity (Wildman–Crippen MR) is 51.4 cm³/mol. The Hall–Kier alpha value is -1.68. The molecule has 1 N–H and O–H groups in total. The Morgan fingerprint density at radius 1 is 1.13 bits per heavy atom. The molecule has 0 bridgehead atoms. The number of nitrogens with zero attached hydrogens (tertiary/aromatic N) is 1. The number of carbonyl (C=O) groups is 2. The van der Waals surface area contributed by atoms with Crippen LogP contribution in [-0.2, 0) is 0 Å². The van der Waals surface area contributed by atoms with Crippen LogP contribution in [0.3, 0.4) is 0 Å². The minimum absolute atomic E-state index is 0.280. The average Bonchev–Trinajstić information content (AvgIpc) is 2.89. The smallest absolute Gasteiger partial charge is 0.261 e. The third-order valence-corrected chi connectivity index (χ3v) is 2.88. The second-order valence-corrected chi connectivity index (χ2v) is 3.90. The molecule has 76 valence electrons. The molecule has 1 aliphatic heterocycles. The summed E-state index contributed by atoms with van der Waals surface area (Å²) in [4.78, 5) is 24.8. The zero-order valence-corrected chi connectivity index (χ0v) is 7.88. The number of aliphatic hydroxyl groups is 1. The molecule has 4 heteroatoms. The Morgan fingerprint density at radius 3 is 2.00 bits per heavy atom. The maximum Gasteiger partial charge on any atom is 0.261 e. The summed E-state index contributed by atoms with van der Waals surface area (Å²) in [5.74, 6) is -0.561. The molecule has 3 rings (SSSR count). The molecule has 1 aromatic carbocycles. The van der Waals surface area contributed by atoms with Gasteiger partial charge in [0.05, 0.1) is 23.3 Å². The molecule has 15 heavy (non-hydrogen) atoms. The standard InChI is InChI=1S/C11H9NO3/c13-9-5-8(9)12-10(14)6-3-1-2-4-7(6)11(12)15/h1-4,8-9,13H,5H2. The lowest BCUT2D eigenvalue weighted by atomic mass is 10.1. The van der Waals surface area contributed by atoms with Crippen molar-refractivity contribution < 1.29 is 14.7 Å². The average molecular weight is 203 g/mol. The first-order valence-corrected chi connectivity index (χ1v) is 4.85. The molecule has 1 heterocycles. The zero-order valence-electron chi connectivity index (χ0n) is 7.88. The maximum atomic E-state index is 11.8. The van der Waals surface area contributed by atoms with E-state index in [9.17, 15) is 14.7 Å². The van der Waals surface area contributed by atoms with Gasteiger partial charge < -0.3 is 5.11 Å². The highest BCUT2D eigenvalue weighted by Crippen LogP contribution is 2.34. The fraction of sp³-hybridized carbons (Fsp3) is 0.273. The Bertz CT molecular complexity index is 434. The van der Waals surface area contributed by atoms with Gasteiger partial charge in [0.1, 0.15) is 0 Å². The summed E-state index contributed by atoms with van der Waals surface area (Å²) in [6, 6.07) is 6.44. The molecule has 2 aliphatic rings. The highest BCUT2D eigenvalue weighted by atomic mass is 16.3. The van der Waals surface area contributed by atoms with E-state index in [0.717, 1.165) is 0 Å². The molecule has 2 atom stereocenters. The van der Waals surface area contributed by atoms with Gasteiger partial charge in [0.2, 0.25) is 0 Å². The SMILES string of the molecule is O=C1c2ccccc2C(=O)N1C1CC1O. The Morgan fingerprint density at radius 2 is 1.60 bits per heavy atom. The number of imide groups is 1. The van der Waals surface area contributed by atoms with Crippen molar-refractivity contribution in [3.63, 3.8) is 0 Å². The third kappa shape index (κ3) is 1.05. The minimum Gasteiger partial charge on any atom is -0.391 e.